The number of aliphatic carboxylic acids is 1. The first kappa shape index (κ1) is 40.6. The number of benzene rings is 1. The van der Waals surface area contributed by atoms with E-state index in [1.807, 2.05) is 13.8 Å². The number of carbonyl (C=O) groups excluding carboxylic acids is 5. The van der Waals surface area contributed by atoms with Crippen LogP contribution in [0.25, 0.3) is 0 Å². The van der Waals surface area contributed by atoms with Crippen LogP contribution in [0.15, 0.2) is 35.3 Å². The van der Waals surface area contributed by atoms with Crippen molar-refractivity contribution in [2.45, 2.75) is 76.7 Å². The summed E-state index contributed by atoms with van der Waals surface area (Å²) in [5.74, 6) is -4.72. The Morgan fingerprint density at radius 2 is 1.38 bits per heavy atom. The molecule has 0 aromatic heterocycles. The second-order valence-corrected chi connectivity index (χ2v) is 11.7. The topological polar surface area (TPSA) is 259 Å². The van der Waals surface area contributed by atoms with Gasteiger partial charge in [-0.25, -0.2) is 4.79 Å². The lowest BCUT2D eigenvalue weighted by Crippen LogP contribution is -2.59. The average molecular weight is 680 g/mol. The van der Waals surface area contributed by atoms with Gasteiger partial charge in [0.15, 0.2) is 5.96 Å². The lowest BCUT2D eigenvalue weighted by molar-refractivity contribution is -0.141. The number of amides is 5. The minimum atomic E-state index is -1.30. The van der Waals surface area contributed by atoms with E-state index in [-0.39, 0.29) is 55.9 Å². The first-order valence-corrected chi connectivity index (χ1v) is 15.9. The number of likely N-dealkylation sites (N-methyl/N-ethyl adjacent to an activating group) is 1. The zero-order valence-electron chi connectivity index (χ0n) is 27.2. The fraction of sp³-hybridized carbons (Fsp3) is 0.567. The highest BCUT2D eigenvalue weighted by atomic mass is 32.1. The summed E-state index contributed by atoms with van der Waals surface area (Å²) in [6.07, 6.45) is 0.727. The van der Waals surface area contributed by atoms with Gasteiger partial charge in [-0.1, -0.05) is 44.2 Å². The maximum absolute atomic E-state index is 13.5. The van der Waals surface area contributed by atoms with E-state index in [4.69, 9.17) is 11.5 Å². The molecule has 16 nitrogen and oxygen atoms in total. The first-order chi connectivity index (χ1) is 22.2. The molecule has 47 heavy (non-hydrogen) atoms. The Bertz CT molecular complexity index is 1230. The summed E-state index contributed by atoms with van der Waals surface area (Å²) in [5, 5.41) is 24.9. The van der Waals surface area contributed by atoms with Crippen molar-refractivity contribution < 1.29 is 33.9 Å². The van der Waals surface area contributed by atoms with Gasteiger partial charge >= 0.3 is 5.97 Å². The number of aliphatic imine (C=N–C) groups is 1. The van der Waals surface area contributed by atoms with Crippen LogP contribution in [0.2, 0.25) is 0 Å². The van der Waals surface area contributed by atoms with Crippen LogP contribution in [0, 0.1) is 5.92 Å². The number of rotatable bonds is 21. The van der Waals surface area contributed by atoms with E-state index in [1.165, 1.54) is 6.92 Å². The smallest absolute Gasteiger partial charge is 0.327 e. The molecule has 5 atom stereocenters. The van der Waals surface area contributed by atoms with E-state index in [2.05, 4.69) is 49.5 Å². The number of hydrogen-bond acceptors (Lipinski definition) is 9. The molecule has 17 heteroatoms. The molecule has 0 saturated heterocycles. The molecule has 0 bridgehead atoms. The van der Waals surface area contributed by atoms with Gasteiger partial charge in [-0.3, -0.25) is 29.0 Å². The normalized spacial score (nSPS) is 14.0. The van der Waals surface area contributed by atoms with Crippen molar-refractivity contribution in [3.05, 3.63) is 35.9 Å². The fourth-order valence-corrected chi connectivity index (χ4v) is 4.59. The molecule has 0 saturated carbocycles. The third-order valence-corrected chi connectivity index (χ3v) is 7.10. The Labute approximate surface area is 280 Å². The molecule has 1 rings (SSSR count). The van der Waals surface area contributed by atoms with Gasteiger partial charge in [-0.05, 0) is 44.7 Å². The van der Waals surface area contributed by atoms with Crippen molar-refractivity contribution in [3.8, 4) is 0 Å². The van der Waals surface area contributed by atoms with Crippen LogP contribution in [0.3, 0.4) is 0 Å². The Kier molecular flexibility index (Phi) is 18.5. The van der Waals surface area contributed by atoms with Gasteiger partial charge in [0.05, 0.1) is 6.54 Å². The highest BCUT2D eigenvalue weighted by Crippen LogP contribution is 2.09. The number of nitrogens with one attached hydrogen (secondary N) is 6. The van der Waals surface area contributed by atoms with Gasteiger partial charge in [0.1, 0.15) is 30.2 Å². The van der Waals surface area contributed by atoms with Gasteiger partial charge in [-0.15, -0.1) is 0 Å². The van der Waals surface area contributed by atoms with Crippen LogP contribution in [0.4, 0.5) is 0 Å². The van der Waals surface area contributed by atoms with Crippen molar-refractivity contribution in [2.75, 3.05) is 25.9 Å². The second kappa shape index (κ2) is 21.4. The Morgan fingerprint density at radius 1 is 0.809 bits per heavy atom. The lowest BCUT2D eigenvalue weighted by atomic mass is 10.0. The molecule has 0 radical (unpaired) electrons. The summed E-state index contributed by atoms with van der Waals surface area (Å²) < 4.78 is 0. The molecule has 1 aromatic rings. The molecule has 0 heterocycles. The number of guanidine groups is 1. The van der Waals surface area contributed by atoms with E-state index in [9.17, 15) is 33.9 Å². The van der Waals surface area contributed by atoms with Gasteiger partial charge in [0.25, 0.3) is 0 Å². The number of carbonyl (C=O) groups is 6. The molecular weight excluding hydrogens is 630 g/mol. The highest BCUT2D eigenvalue weighted by Gasteiger charge is 2.31. The molecule has 0 spiro atoms. The molecule has 0 fully saturated rings. The number of nitrogens with zero attached hydrogens (tertiary/aromatic N) is 1. The number of carboxylic acids is 1. The molecule has 0 aliphatic carbocycles. The van der Waals surface area contributed by atoms with Gasteiger partial charge in [0.2, 0.25) is 29.5 Å². The second-order valence-electron chi connectivity index (χ2n) is 11.4. The predicted octanol–water partition coefficient (Wildman–Crippen LogP) is -1.99. The molecule has 0 aliphatic rings. The number of thiol groups is 1. The number of nitrogens with two attached hydrogens (primary N) is 2. The number of hydrogen-bond donors (Lipinski definition) is 10. The van der Waals surface area contributed by atoms with Crippen molar-refractivity contribution in [3.63, 3.8) is 0 Å². The molecular formula is C30H49N9O7S. The maximum Gasteiger partial charge on any atom is 0.327 e. The first-order valence-electron chi connectivity index (χ1n) is 15.3. The number of carboxylic acid groups (broad SMARTS) is 1. The highest BCUT2D eigenvalue weighted by molar-refractivity contribution is 7.80. The van der Waals surface area contributed by atoms with E-state index in [1.54, 1.807) is 37.4 Å². The summed E-state index contributed by atoms with van der Waals surface area (Å²) in [7, 11) is 1.60. The molecule has 0 aliphatic heterocycles. The minimum absolute atomic E-state index is 0.00133. The largest absolute Gasteiger partial charge is 0.480 e. The molecule has 11 N–H and O–H groups in total. The Hall–Kier alpha value is -4.38. The molecule has 262 valence electrons. The minimum Gasteiger partial charge on any atom is -0.480 e. The van der Waals surface area contributed by atoms with Crippen LogP contribution in [-0.4, -0.2) is 103 Å². The Morgan fingerprint density at radius 3 is 1.94 bits per heavy atom. The summed E-state index contributed by atoms with van der Waals surface area (Å²) >= 11 is 3.95. The maximum atomic E-state index is 13.5. The summed E-state index contributed by atoms with van der Waals surface area (Å²) in [6.45, 7) is 5.34. The van der Waals surface area contributed by atoms with Gasteiger partial charge in [0, 0.05) is 18.7 Å². The predicted molar refractivity (Wildman–Crippen MR) is 180 cm³/mol. The van der Waals surface area contributed by atoms with Crippen LogP contribution < -0.4 is 43.4 Å². The molecule has 5 amide bonds. The zero-order valence-corrected chi connectivity index (χ0v) is 28.1. The fourth-order valence-electron chi connectivity index (χ4n) is 4.35. The zero-order chi connectivity index (χ0) is 35.5. The average Bonchev–Trinajstić information content (AvgIpc) is 3.00. The Balaban J connectivity index is 3.14. The van der Waals surface area contributed by atoms with Crippen LogP contribution >= 0.6 is 12.6 Å². The van der Waals surface area contributed by atoms with Crippen molar-refractivity contribution in [1.82, 2.24) is 31.9 Å². The van der Waals surface area contributed by atoms with Crippen LogP contribution in [-0.2, 0) is 35.2 Å². The quantitative estimate of drug-likeness (QED) is 0.0296. The third-order valence-electron chi connectivity index (χ3n) is 6.74. The van der Waals surface area contributed by atoms with E-state index < -0.39 is 59.8 Å². The van der Waals surface area contributed by atoms with Crippen molar-refractivity contribution in [1.29, 1.82) is 0 Å². The monoisotopic (exact) mass is 679 g/mol. The molecule has 5 unspecified atom stereocenters. The van der Waals surface area contributed by atoms with Gasteiger partial charge in [-0.2, -0.15) is 12.6 Å². The third kappa shape index (κ3) is 16.1. The van der Waals surface area contributed by atoms with Crippen LogP contribution in [0.1, 0.15) is 45.6 Å². The standard InChI is InChI=1S/C30H49N9O7S/c1-17(2)13-21(36-24(40)15-33-4)28(44)38-22(14-19-9-6-5-7-10-19)27(43)35-18(3)25(41)37-20(11-8-12-34-30(31)32)26(42)39-23(16-47)29(45)46/h5-7,9-10,17-18,20-23,33,47H,8,11-16H2,1-4H3,(H,35,43)(H,36,40)(H,37,41)(H,38,44)(H,39,42)(H,45,46)(H4,31,32,34). The van der Waals surface area contributed by atoms with E-state index >= 15 is 0 Å². The summed E-state index contributed by atoms with van der Waals surface area (Å²) in [5.41, 5.74) is 11.4. The van der Waals surface area contributed by atoms with E-state index in [0.29, 0.717) is 6.42 Å². The molecule has 1 aromatic carbocycles. The SMILES string of the molecule is CNCC(=O)NC(CC(C)C)C(=O)NC(Cc1ccccc1)C(=O)NC(C)C(=O)NC(CCCN=C(N)N)C(=O)NC(CS)C(=O)O. The van der Waals surface area contributed by atoms with Gasteiger partial charge < -0.3 is 48.5 Å². The van der Waals surface area contributed by atoms with E-state index in [0.717, 1.165) is 5.56 Å². The van der Waals surface area contributed by atoms with Crippen LogP contribution in [0.5, 0.6) is 0 Å². The summed E-state index contributed by atoms with van der Waals surface area (Å²) in [4.78, 5) is 80.6. The lowest BCUT2D eigenvalue weighted by Gasteiger charge is -2.26. The summed E-state index contributed by atoms with van der Waals surface area (Å²) in [6, 6.07) is 3.24. The van der Waals surface area contributed by atoms with Crippen molar-refractivity contribution in [2.24, 2.45) is 22.4 Å². The van der Waals surface area contributed by atoms with Crippen molar-refractivity contribution >= 4 is 54.1 Å².